The van der Waals surface area contributed by atoms with E-state index < -0.39 is 0 Å². The van der Waals surface area contributed by atoms with Gasteiger partial charge >= 0.3 is 0 Å². The third-order valence-electron chi connectivity index (χ3n) is 3.56. The Bertz CT molecular complexity index is 749. The van der Waals surface area contributed by atoms with Crippen molar-refractivity contribution >= 4 is 22.5 Å². The Morgan fingerprint density at radius 2 is 1.53 bits per heavy atom. The van der Waals surface area contributed by atoms with Crippen LogP contribution in [0.25, 0.3) is 10.8 Å². The fourth-order valence-electron chi connectivity index (χ4n) is 2.65. The Morgan fingerprint density at radius 1 is 0.737 bits per heavy atom. The van der Waals surface area contributed by atoms with Crippen molar-refractivity contribution in [2.75, 3.05) is 0 Å². The minimum atomic E-state index is 0. The van der Waals surface area contributed by atoms with E-state index >= 15 is 0 Å². The van der Waals surface area contributed by atoms with Crippen molar-refractivity contribution in [3.63, 3.8) is 0 Å². The molecule has 0 saturated heterocycles. The largest absolute Gasteiger partial charge is 0.344 e. The van der Waals surface area contributed by atoms with Gasteiger partial charge in [0.15, 0.2) is 0 Å². The van der Waals surface area contributed by atoms with Gasteiger partial charge in [-0.25, -0.2) is 0 Å². The fourth-order valence-corrected chi connectivity index (χ4v) is 3.75. The Hall–Kier alpha value is -1.77. The molecule has 0 saturated carbocycles. The molecule has 4 rings (SSSR count). The molecule has 1 aliphatic heterocycles. The molecule has 2 heteroatoms. The minimum Gasteiger partial charge on any atom is -0.344 e. The summed E-state index contributed by atoms with van der Waals surface area (Å²) in [6.45, 7) is 0. The highest BCUT2D eigenvalue weighted by Crippen LogP contribution is 2.41. The van der Waals surface area contributed by atoms with Gasteiger partial charge in [0.1, 0.15) is 0 Å². The second-order valence-electron chi connectivity index (χ2n) is 4.65. The number of rotatable bonds is 0. The highest BCUT2D eigenvalue weighted by Gasteiger charge is 2.17. The van der Waals surface area contributed by atoms with Gasteiger partial charge in [-0.1, -0.05) is 60.3 Å². The quantitative estimate of drug-likeness (QED) is 0.482. The Kier molecular flexibility index (Phi) is 3.05. The Balaban J connectivity index is 0.00000110. The maximum Gasteiger partial charge on any atom is 0.0164 e. The zero-order chi connectivity index (χ0) is 11.9. The molecule has 0 amide bonds. The van der Waals surface area contributed by atoms with Crippen LogP contribution >= 0.6 is 11.8 Å². The topological polar surface area (TPSA) is 35.0 Å². The van der Waals surface area contributed by atoms with Crippen LogP contribution in [-0.4, -0.2) is 0 Å². The SMILES string of the molecule is N.c1ccc2c(c1)Cc1c(ccc3ccccc13)S2. The maximum atomic E-state index is 2.26. The van der Waals surface area contributed by atoms with Gasteiger partial charge in [-0.2, -0.15) is 0 Å². The average molecular weight is 265 g/mol. The molecule has 0 spiro atoms. The smallest absolute Gasteiger partial charge is 0.0164 e. The second-order valence-corrected chi connectivity index (χ2v) is 5.73. The lowest BCUT2D eigenvalue weighted by atomic mass is 9.98. The van der Waals surface area contributed by atoms with E-state index in [0.717, 1.165) is 6.42 Å². The Labute approximate surface area is 117 Å². The van der Waals surface area contributed by atoms with Crippen molar-refractivity contribution in [1.29, 1.82) is 0 Å². The predicted octanol–water partition coefficient (Wildman–Crippen LogP) is 5.06. The molecule has 0 aliphatic carbocycles. The molecule has 0 aromatic heterocycles. The fraction of sp³-hybridized carbons (Fsp3) is 0.0588. The molecule has 1 nitrogen and oxygen atoms in total. The van der Waals surface area contributed by atoms with Gasteiger partial charge in [0.05, 0.1) is 0 Å². The third-order valence-corrected chi connectivity index (χ3v) is 4.78. The first-order chi connectivity index (χ1) is 8.92. The van der Waals surface area contributed by atoms with Crippen LogP contribution in [0.1, 0.15) is 11.1 Å². The standard InChI is InChI=1S/C17H12S.H3N/c1-3-7-14-12(5-1)9-10-17-15(14)11-13-6-2-4-8-16(13)18-17;/h1-10H,11H2;1H3. The molecule has 3 N–H and O–H groups in total. The van der Waals surface area contributed by atoms with Crippen LogP contribution in [-0.2, 0) is 6.42 Å². The van der Waals surface area contributed by atoms with E-state index in [-0.39, 0.29) is 6.15 Å². The third kappa shape index (κ3) is 1.93. The van der Waals surface area contributed by atoms with E-state index in [1.54, 1.807) is 0 Å². The van der Waals surface area contributed by atoms with Crippen molar-refractivity contribution < 1.29 is 0 Å². The summed E-state index contributed by atoms with van der Waals surface area (Å²) in [4.78, 5) is 2.81. The summed E-state index contributed by atoms with van der Waals surface area (Å²) in [7, 11) is 0. The highest BCUT2D eigenvalue weighted by molar-refractivity contribution is 7.99. The molecule has 3 aromatic rings. The van der Waals surface area contributed by atoms with E-state index in [2.05, 4.69) is 60.7 Å². The number of fused-ring (bicyclic) bond motifs is 4. The monoisotopic (exact) mass is 265 g/mol. The second kappa shape index (κ2) is 4.72. The summed E-state index contributed by atoms with van der Waals surface area (Å²) in [6.07, 6.45) is 1.06. The molecule has 0 unspecified atom stereocenters. The number of benzene rings is 3. The van der Waals surface area contributed by atoms with Gasteiger partial charge < -0.3 is 6.15 Å². The summed E-state index contributed by atoms with van der Waals surface area (Å²) in [5, 5.41) is 2.74. The molecule has 19 heavy (non-hydrogen) atoms. The average Bonchev–Trinajstić information content (AvgIpc) is 2.45. The molecule has 0 radical (unpaired) electrons. The van der Waals surface area contributed by atoms with E-state index in [9.17, 15) is 0 Å². The predicted molar refractivity (Wildman–Crippen MR) is 82.3 cm³/mol. The van der Waals surface area contributed by atoms with Crippen LogP contribution in [0.5, 0.6) is 0 Å². The lowest BCUT2D eigenvalue weighted by Crippen LogP contribution is -2.00. The van der Waals surface area contributed by atoms with Gasteiger partial charge in [0, 0.05) is 16.2 Å². The van der Waals surface area contributed by atoms with Crippen molar-refractivity contribution in [1.82, 2.24) is 6.15 Å². The van der Waals surface area contributed by atoms with E-state index in [4.69, 9.17) is 0 Å². The van der Waals surface area contributed by atoms with Crippen LogP contribution in [0.3, 0.4) is 0 Å². The molecule has 3 aromatic carbocycles. The molecule has 0 fully saturated rings. The van der Waals surface area contributed by atoms with E-state index in [0.29, 0.717) is 0 Å². The summed E-state index contributed by atoms with van der Waals surface area (Å²) in [5.74, 6) is 0. The first kappa shape index (κ1) is 12.3. The van der Waals surface area contributed by atoms with E-state index in [1.807, 2.05) is 11.8 Å². The lowest BCUT2D eigenvalue weighted by molar-refractivity contribution is 1.07. The molecule has 94 valence electrons. The van der Waals surface area contributed by atoms with Gasteiger partial charge in [-0.15, -0.1) is 0 Å². The van der Waals surface area contributed by atoms with Crippen LogP contribution in [0.15, 0.2) is 70.5 Å². The summed E-state index contributed by atoms with van der Waals surface area (Å²) < 4.78 is 0. The highest BCUT2D eigenvalue weighted by atomic mass is 32.2. The van der Waals surface area contributed by atoms with Gasteiger partial charge in [-0.05, 0) is 34.0 Å². The molecular formula is C17H15NS. The van der Waals surface area contributed by atoms with Crippen LogP contribution in [0, 0.1) is 0 Å². The summed E-state index contributed by atoms with van der Waals surface area (Å²) in [5.41, 5.74) is 2.93. The maximum absolute atomic E-state index is 2.26. The first-order valence-corrected chi connectivity index (χ1v) is 7.00. The van der Waals surface area contributed by atoms with Crippen LogP contribution in [0.2, 0.25) is 0 Å². The normalized spacial score (nSPS) is 12.4. The zero-order valence-electron chi connectivity index (χ0n) is 10.6. The molecule has 0 bridgehead atoms. The first-order valence-electron chi connectivity index (χ1n) is 6.18. The molecule has 1 heterocycles. The number of hydrogen-bond donors (Lipinski definition) is 1. The van der Waals surface area contributed by atoms with Crippen molar-refractivity contribution in [2.24, 2.45) is 0 Å². The lowest BCUT2D eigenvalue weighted by Gasteiger charge is -2.20. The van der Waals surface area contributed by atoms with Crippen molar-refractivity contribution in [3.8, 4) is 0 Å². The number of hydrogen-bond acceptors (Lipinski definition) is 2. The summed E-state index contributed by atoms with van der Waals surface area (Å²) in [6, 6.07) is 21.9. The van der Waals surface area contributed by atoms with E-state index in [1.165, 1.54) is 31.7 Å². The van der Waals surface area contributed by atoms with Crippen molar-refractivity contribution in [3.05, 3.63) is 71.8 Å². The molecule has 1 aliphatic rings. The van der Waals surface area contributed by atoms with Crippen LogP contribution < -0.4 is 6.15 Å². The zero-order valence-corrected chi connectivity index (χ0v) is 11.4. The van der Waals surface area contributed by atoms with Crippen molar-refractivity contribution in [2.45, 2.75) is 16.2 Å². The summed E-state index contributed by atoms with van der Waals surface area (Å²) >= 11 is 1.90. The molecule has 0 atom stereocenters. The van der Waals surface area contributed by atoms with Gasteiger partial charge in [0.25, 0.3) is 0 Å². The van der Waals surface area contributed by atoms with Gasteiger partial charge in [-0.3, -0.25) is 0 Å². The minimum absolute atomic E-state index is 0. The molecular weight excluding hydrogens is 250 g/mol. The van der Waals surface area contributed by atoms with Gasteiger partial charge in [0.2, 0.25) is 0 Å². The Morgan fingerprint density at radius 3 is 2.47 bits per heavy atom. The van der Waals surface area contributed by atoms with Crippen LogP contribution in [0.4, 0.5) is 0 Å².